The van der Waals surface area contributed by atoms with E-state index in [9.17, 15) is 4.79 Å². The molecule has 0 aromatic heterocycles. The average Bonchev–Trinajstić information content (AvgIpc) is 2.48. The molecule has 1 unspecified atom stereocenters. The summed E-state index contributed by atoms with van der Waals surface area (Å²) in [7, 11) is 2.17. The fraction of sp³-hybridized carbons (Fsp3) is 0.923. The van der Waals surface area contributed by atoms with Gasteiger partial charge in [-0.2, -0.15) is 0 Å². The molecule has 0 radical (unpaired) electrons. The fourth-order valence-corrected chi connectivity index (χ4v) is 2.77. The standard InChI is InChI=1S/C13H24N2O/c1-14-7-9-15(10-8-14)11-12-5-3-2-4-6-13(12)16/h12H,2-11H2,1H3. The van der Waals surface area contributed by atoms with Crippen molar-refractivity contribution in [3.63, 3.8) is 0 Å². The minimum absolute atomic E-state index is 0.339. The van der Waals surface area contributed by atoms with E-state index in [1.165, 1.54) is 12.8 Å². The molecule has 0 bridgehead atoms. The van der Waals surface area contributed by atoms with Gasteiger partial charge in [0.1, 0.15) is 5.78 Å². The smallest absolute Gasteiger partial charge is 0.137 e. The van der Waals surface area contributed by atoms with Crippen molar-refractivity contribution < 1.29 is 4.79 Å². The molecule has 3 heteroatoms. The summed E-state index contributed by atoms with van der Waals surface area (Å²) in [5.74, 6) is 0.863. The number of hydrogen-bond acceptors (Lipinski definition) is 3. The van der Waals surface area contributed by atoms with Gasteiger partial charge in [0.25, 0.3) is 0 Å². The third-order valence-electron chi connectivity index (χ3n) is 4.01. The molecular formula is C13H24N2O. The molecule has 2 fully saturated rings. The summed E-state index contributed by atoms with van der Waals surface area (Å²) in [6.07, 6.45) is 5.59. The minimum atomic E-state index is 0.339. The first kappa shape index (κ1) is 12.1. The molecule has 92 valence electrons. The predicted molar refractivity (Wildman–Crippen MR) is 65.5 cm³/mol. The van der Waals surface area contributed by atoms with Gasteiger partial charge in [-0.25, -0.2) is 0 Å². The Balaban J connectivity index is 1.80. The number of nitrogens with zero attached hydrogens (tertiary/aromatic N) is 2. The Hall–Kier alpha value is -0.410. The van der Waals surface area contributed by atoms with Crippen LogP contribution in [0.1, 0.15) is 32.1 Å². The van der Waals surface area contributed by atoms with Crippen LogP contribution in [0.15, 0.2) is 0 Å². The number of rotatable bonds is 2. The van der Waals surface area contributed by atoms with E-state index in [0.717, 1.165) is 52.0 Å². The molecule has 1 aliphatic carbocycles. The normalized spacial score (nSPS) is 30.3. The first-order chi connectivity index (χ1) is 7.75. The maximum Gasteiger partial charge on any atom is 0.137 e. The van der Waals surface area contributed by atoms with Crippen LogP contribution >= 0.6 is 0 Å². The van der Waals surface area contributed by atoms with Gasteiger partial charge in [-0.3, -0.25) is 4.79 Å². The molecule has 0 N–H and O–H groups in total. The number of likely N-dealkylation sites (N-methyl/N-ethyl adjacent to an activating group) is 1. The van der Waals surface area contributed by atoms with Gasteiger partial charge in [-0.15, -0.1) is 0 Å². The van der Waals surface area contributed by atoms with Crippen molar-refractivity contribution in [2.24, 2.45) is 5.92 Å². The summed E-state index contributed by atoms with van der Waals surface area (Å²) in [5, 5.41) is 0. The highest BCUT2D eigenvalue weighted by molar-refractivity contribution is 5.81. The van der Waals surface area contributed by atoms with Crippen molar-refractivity contribution in [3.8, 4) is 0 Å². The zero-order valence-corrected chi connectivity index (χ0v) is 10.5. The Morgan fingerprint density at radius 1 is 1.12 bits per heavy atom. The van der Waals surface area contributed by atoms with E-state index < -0.39 is 0 Å². The van der Waals surface area contributed by atoms with Crippen molar-refractivity contribution in [2.45, 2.75) is 32.1 Å². The van der Waals surface area contributed by atoms with E-state index in [-0.39, 0.29) is 0 Å². The number of ketones is 1. The lowest BCUT2D eigenvalue weighted by Gasteiger charge is -2.34. The van der Waals surface area contributed by atoms with Crippen LogP contribution in [0.3, 0.4) is 0 Å². The topological polar surface area (TPSA) is 23.6 Å². The number of piperazine rings is 1. The predicted octanol–water partition coefficient (Wildman–Crippen LogP) is 1.38. The Bertz CT molecular complexity index is 234. The molecular weight excluding hydrogens is 200 g/mol. The van der Waals surface area contributed by atoms with Crippen molar-refractivity contribution >= 4 is 5.78 Å². The monoisotopic (exact) mass is 224 g/mol. The molecule has 2 rings (SSSR count). The van der Waals surface area contributed by atoms with Crippen molar-refractivity contribution in [2.75, 3.05) is 39.8 Å². The summed E-state index contributed by atoms with van der Waals surface area (Å²) in [6, 6.07) is 0. The average molecular weight is 224 g/mol. The van der Waals surface area contributed by atoms with Crippen LogP contribution in [-0.2, 0) is 4.79 Å². The summed E-state index contributed by atoms with van der Waals surface area (Å²) in [6.45, 7) is 5.61. The minimum Gasteiger partial charge on any atom is -0.304 e. The Kier molecular flexibility index (Phi) is 4.36. The van der Waals surface area contributed by atoms with E-state index in [0.29, 0.717) is 11.7 Å². The van der Waals surface area contributed by atoms with Crippen molar-refractivity contribution in [1.82, 2.24) is 9.80 Å². The number of carbonyl (C=O) groups excluding carboxylic acids is 1. The molecule has 1 aliphatic heterocycles. The van der Waals surface area contributed by atoms with Gasteiger partial charge in [0.15, 0.2) is 0 Å². The summed E-state index contributed by atoms with van der Waals surface area (Å²) in [4.78, 5) is 16.8. The van der Waals surface area contributed by atoms with Crippen molar-refractivity contribution in [3.05, 3.63) is 0 Å². The lowest BCUT2D eigenvalue weighted by Crippen LogP contribution is -2.46. The van der Waals surface area contributed by atoms with Crippen LogP contribution in [0.2, 0.25) is 0 Å². The van der Waals surface area contributed by atoms with Gasteiger partial charge in [0.05, 0.1) is 0 Å². The maximum atomic E-state index is 11.9. The van der Waals surface area contributed by atoms with Gasteiger partial charge < -0.3 is 9.80 Å². The van der Waals surface area contributed by atoms with Crippen LogP contribution in [0.4, 0.5) is 0 Å². The molecule has 1 heterocycles. The van der Waals surface area contributed by atoms with Gasteiger partial charge in [0, 0.05) is 45.1 Å². The van der Waals surface area contributed by atoms with E-state index >= 15 is 0 Å². The zero-order valence-electron chi connectivity index (χ0n) is 10.5. The Morgan fingerprint density at radius 3 is 2.62 bits per heavy atom. The molecule has 0 aromatic carbocycles. The largest absolute Gasteiger partial charge is 0.304 e. The second-order valence-corrected chi connectivity index (χ2v) is 5.37. The third kappa shape index (κ3) is 3.29. The molecule has 0 amide bonds. The highest BCUT2D eigenvalue weighted by Gasteiger charge is 2.24. The lowest BCUT2D eigenvalue weighted by atomic mass is 9.98. The van der Waals surface area contributed by atoms with Gasteiger partial charge >= 0.3 is 0 Å². The van der Waals surface area contributed by atoms with Crippen LogP contribution in [0.5, 0.6) is 0 Å². The fourth-order valence-electron chi connectivity index (χ4n) is 2.77. The molecule has 1 atom stereocenters. The number of hydrogen-bond donors (Lipinski definition) is 0. The molecule has 0 spiro atoms. The lowest BCUT2D eigenvalue weighted by molar-refractivity contribution is -0.123. The summed E-state index contributed by atoms with van der Waals surface area (Å²) < 4.78 is 0. The van der Waals surface area contributed by atoms with E-state index in [4.69, 9.17) is 0 Å². The maximum absolute atomic E-state index is 11.9. The SMILES string of the molecule is CN1CCN(CC2CCCCCC2=O)CC1. The molecule has 2 aliphatic rings. The second kappa shape index (κ2) is 5.78. The molecule has 3 nitrogen and oxygen atoms in total. The third-order valence-corrected chi connectivity index (χ3v) is 4.01. The van der Waals surface area contributed by atoms with Crippen LogP contribution < -0.4 is 0 Å². The van der Waals surface area contributed by atoms with Crippen LogP contribution in [0, 0.1) is 5.92 Å². The van der Waals surface area contributed by atoms with Crippen LogP contribution in [-0.4, -0.2) is 55.4 Å². The first-order valence-electron chi connectivity index (χ1n) is 6.69. The van der Waals surface area contributed by atoms with Gasteiger partial charge in [-0.1, -0.05) is 12.8 Å². The van der Waals surface area contributed by atoms with Crippen molar-refractivity contribution in [1.29, 1.82) is 0 Å². The number of Topliss-reactive ketones (excluding diaryl/α,β-unsaturated/α-hetero) is 1. The first-order valence-corrected chi connectivity index (χ1v) is 6.69. The number of carbonyl (C=O) groups is 1. The molecule has 1 saturated carbocycles. The van der Waals surface area contributed by atoms with E-state index in [1.54, 1.807) is 0 Å². The van der Waals surface area contributed by atoms with Crippen LogP contribution in [0.25, 0.3) is 0 Å². The van der Waals surface area contributed by atoms with Gasteiger partial charge in [-0.05, 0) is 19.9 Å². The molecule has 1 saturated heterocycles. The molecule has 16 heavy (non-hydrogen) atoms. The zero-order chi connectivity index (χ0) is 11.4. The Morgan fingerprint density at radius 2 is 1.88 bits per heavy atom. The summed E-state index contributed by atoms with van der Waals surface area (Å²) in [5.41, 5.74) is 0. The Labute approximate surface area is 98.8 Å². The molecule has 0 aromatic rings. The summed E-state index contributed by atoms with van der Waals surface area (Å²) >= 11 is 0. The quantitative estimate of drug-likeness (QED) is 0.662. The highest BCUT2D eigenvalue weighted by atomic mass is 16.1. The highest BCUT2D eigenvalue weighted by Crippen LogP contribution is 2.21. The second-order valence-electron chi connectivity index (χ2n) is 5.37. The van der Waals surface area contributed by atoms with Gasteiger partial charge in [0.2, 0.25) is 0 Å². The van der Waals surface area contributed by atoms with E-state index in [1.807, 2.05) is 0 Å². The van der Waals surface area contributed by atoms with E-state index in [2.05, 4.69) is 16.8 Å².